The first-order valence-corrected chi connectivity index (χ1v) is 7.59. The molecule has 1 amide bonds. The van der Waals surface area contributed by atoms with E-state index >= 15 is 0 Å². The summed E-state index contributed by atoms with van der Waals surface area (Å²) in [6.07, 6.45) is 2.12. The third-order valence-electron chi connectivity index (χ3n) is 4.90. The fourth-order valence-electron chi connectivity index (χ4n) is 3.61. The zero-order chi connectivity index (χ0) is 16.5. The van der Waals surface area contributed by atoms with Gasteiger partial charge < -0.3 is 5.32 Å². The second-order valence-electron chi connectivity index (χ2n) is 6.00. The van der Waals surface area contributed by atoms with Crippen molar-refractivity contribution < 1.29 is 4.79 Å². The summed E-state index contributed by atoms with van der Waals surface area (Å²) in [6, 6.07) is 19.5. The lowest BCUT2D eigenvalue weighted by Crippen LogP contribution is -2.51. The van der Waals surface area contributed by atoms with E-state index in [1.165, 1.54) is 0 Å². The number of benzene rings is 2. The molecule has 114 valence electrons. The minimum absolute atomic E-state index is 0.147. The van der Waals surface area contributed by atoms with Gasteiger partial charge in [-0.25, -0.2) is 0 Å². The molecular weight excluding hydrogens is 284 g/mol. The molecule has 0 saturated carbocycles. The van der Waals surface area contributed by atoms with Crippen molar-refractivity contribution in [1.29, 1.82) is 5.26 Å². The Morgan fingerprint density at radius 2 is 1.87 bits per heavy atom. The molecule has 3 nitrogen and oxygen atoms in total. The van der Waals surface area contributed by atoms with Crippen LogP contribution >= 0.6 is 0 Å². The molecule has 0 aromatic heterocycles. The van der Waals surface area contributed by atoms with E-state index in [4.69, 9.17) is 0 Å². The highest BCUT2D eigenvalue weighted by molar-refractivity contribution is 6.08. The zero-order valence-corrected chi connectivity index (χ0v) is 13.0. The molecule has 0 saturated heterocycles. The molecule has 2 aromatic rings. The molecule has 1 aliphatic heterocycles. The van der Waals surface area contributed by atoms with Crippen LogP contribution in [0.1, 0.15) is 24.5 Å². The number of para-hydroxylation sites is 1. The van der Waals surface area contributed by atoms with Gasteiger partial charge in [-0.3, -0.25) is 4.79 Å². The topological polar surface area (TPSA) is 52.9 Å². The zero-order valence-electron chi connectivity index (χ0n) is 13.0. The Kier molecular flexibility index (Phi) is 3.54. The van der Waals surface area contributed by atoms with E-state index in [2.05, 4.69) is 18.0 Å². The molecule has 1 N–H and O–H groups in total. The fourth-order valence-corrected chi connectivity index (χ4v) is 3.61. The number of rotatable bonds is 4. The first kappa shape index (κ1) is 15.1. The third kappa shape index (κ3) is 1.92. The quantitative estimate of drug-likeness (QED) is 0.870. The van der Waals surface area contributed by atoms with Crippen LogP contribution in [0.4, 0.5) is 5.69 Å². The maximum Gasteiger partial charge on any atom is 0.237 e. The normalized spacial score (nSPS) is 21.7. The Balaban J connectivity index is 2.33. The van der Waals surface area contributed by atoms with Crippen LogP contribution in [0, 0.1) is 11.3 Å². The lowest BCUT2D eigenvalue weighted by molar-refractivity contribution is -0.122. The maximum absolute atomic E-state index is 13.0. The average Bonchev–Trinajstić information content (AvgIpc) is 2.88. The molecule has 0 fully saturated rings. The number of nitrogens with one attached hydrogen (secondary N) is 1. The van der Waals surface area contributed by atoms with Crippen molar-refractivity contribution in [3.8, 4) is 6.07 Å². The van der Waals surface area contributed by atoms with Crippen LogP contribution in [0.2, 0.25) is 0 Å². The lowest BCUT2D eigenvalue weighted by Gasteiger charge is -2.40. The number of nitrogens with zero attached hydrogens (tertiary/aromatic N) is 1. The Morgan fingerprint density at radius 1 is 1.22 bits per heavy atom. The minimum atomic E-state index is -1.00. The predicted molar refractivity (Wildman–Crippen MR) is 91.0 cm³/mol. The van der Waals surface area contributed by atoms with Gasteiger partial charge in [-0.1, -0.05) is 54.6 Å². The van der Waals surface area contributed by atoms with Gasteiger partial charge in [0.15, 0.2) is 0 Å². The van der Waals surface area contributed by atoms with Crippen molar-refractivity contribution in [2.75, 3.05) is 5.32 Å². The first-order valence-electron chi connectivity index (χ1n) is 7.59. The molecular formula is C20H18N2O. The molecule has 0 bridgehead atoms. The summed E-state index contributed by atoms with van der Waals surface area (Å²) in [4.78, 5) is 13.0. The third-order valence-corrected chi connectivity index (χ3v) is 4.90. The Hall–Kier alpha value is -2.86. The molecule has 0 spiro atoms. The van der Waals surface area contributed by atoms with E-state index in [0.717, 1.165) is 16.8 Å². The van der Waals surface area contributed by atoms with E-state index in [9.17, 15) is 10.1 Å². The first-order chi connectivity index (χ1) is 11.1. The number of amides is 1. The second kappa shape index (κ2) is 5.40. The monoisotopic (exact) mass is 302 g/mol. The summed E-state index contributed by atoms with van der Waals surface area (Å²) < 4.78 is 0. The summed E-state index contributed by atoms with van der Waals surface area (Å²) in [7, 11) is 0. The molecule has 23 heavy (non-hydrogen) atoms. The summed E-state index contributed by atoms with van der Waals surface area (Å²) >= 11 is 0. The summed E-state index contributed by atoms with van der Waals surface area (Å²) in [5.41, 5.74) is 0.478. The maximum atomic E-state index is 13.0. The van der Waals surface area contributed by atoms with Crippen molar-refractivity contribution in [1.82, 2.24) is 0 Å². The minimum Gasteiger partial charge on any atom is -0.325 e. The van der Waals surface area contributed by atoms with E-state index < -0.39 is 10.8 Å². The molecule has 0 radical (unpaired) electrons. The number of carbonyl (C=O) groups is 1. The predicted octanol–water partition coefficient (Wildman–Crippen LogP) is 3.93. The van der Waals surface area contributed by atoms with Gasteiger partial charge in [0.1, 0.15) is 5.41 Å². The highest BCUT2D eigenvalue weighted by atomic mass is 16.2. The van der Waals surface area contributed by atoms with Gasteiger partial charge >= 0.3 is 0 Å². The highest BCUT2D eigenvalue weighted by Gasteiger charge is 2.59. The van der Waals surface area contributed by atoms with Crippen LogP contribution in [-0.4, -0.2) is 5.91 Å². The number of fused-ring (bicyclic) bond motifs is 1. The number of carbonyl (C=O) groups excluding carboxylic acids is 1. The Morgan fingerprint density at radius 3 is 2.52 bits per heavy atom. The lowest BCUT2D eigenvalue weighted by atomic mass is 9.57. The number of hydrogen-bond donors (Lipinski definition) is 1. The average molecular weight is 302 g/mol. The van der Waals surface area contributed by atoms with Crippen molar-refractivity contribution in [2.24, 2.45) is 0 Å². The van der Waals surface area contributed by atoms with E-state index in [1.54, 1.807) is 6.08 Å². The molecule has 2 atom stereocenters. The van der Waals surface area contributed by atoms with Crippen molar-refractivity contribution >= 4 is 11.6 Å². The largest absolute Gasteiger partial charge is 0.325 e. The van der Waals surface area contributed by atoms with Crippen molar-refractivity contribution in [2.45, 2.75) is 24.2 Å². The standard InChI is InChI=1S/C20H18N2O/c1-3-13-20(16-11-7-8-12-17(16)22-18(20)23)19(2,14-21)15-9-5-4-6-10-15/h3-12H,1,13H2,2H3,(H,22,23)/t19-,20+/m0/s1. The molecule has 0 aliphatic carbocycles. The van der Waals surface area contributed by atoms with Gasteiger partial charge in [-0.05, 0) is 30.5 Å². The van der Waals surface area contributed by atoms with Gasteiger partial charge in [0, 0.05) is 5.69 Å². The summed E-state index contributed by atoms with van der Waals surface area (Å²) in [5.74, 6) is -0.147. The Labute approximate surface area is 136 Å². The van der Waals surface area contributed by atoms with Crippen LogP contribution in [-0.2, 0) is 15.6 Å². The molecule has 3 rings (SSSR count). The van der Waals surface area contributed by atoms with Crippen molar-refractivity contribution in [3.05, 3.63) is 78.4 Å². The van der Waals surface area contributed by atoms with E-state index in [0.29, 0.717) is 6.42 Å². The molecule has 0 unspecified atom stereocenters. The van der Waals surface area contributed by atoms with E-state index in [1.807, 2.05) is 61.5 Å². The second-order valence-corrected chi connectivity index (χ2v) is 6.00. The van der Waals surface area contributed by atoms with Crippen molar-refractivity contribution in [3.63, 3.8) is 0 Å². The van der Waals surface area contributed by atoms with Gasteiger partial charge in [-0.2, -0.15) is 5.26 Å². The van der Waals surface area contributed by atoms with Gasteiger partial charge in [-0.15, -0.1) is 6.58 Å². The van der Waals surface area contributed by atoms with E-state index in [-0.39, 0.29) is 5.91 Å². The summed E-state index contributed by atoms with van der Waals surface area (Å²) in [6.45, 7) is 5.67. The van der Waals surface area contributed by atoms with Crippen LogP contribution < -0.4 is 5.32 Å². The van der Waals surface area contributed by atoms with Crippen LogP contribution in [0.15, 0.2) is 67.3 Å². The van der Waals surface area contributed by atoms with Crippen LogP contribution in [0.5, 0.6) is 0 Å². The number of hydrogen-bond acceptors (Lipinski definition) is 2. The molecule has 1 aliphatic rings. The molecule has 3 heteroatoms. The number of allylic oxidation sites excluding steroid dienone is 1. The highest BCUT2D eigenvalue weighted by Crippen LogP contribution is 2.52. The van der Waals surface area contributed by atoms with Gasteiger partial charge in [0.2, 0.25) is 5.91 Å². The molecule has 2 aromatic carbocycles. The molecule has 1 heterocycles. The Bertz CT molecular complexity index is 806. The van der Waals surface area contributed by atoms with Crippen LogP contribution in [0.3, 0.4) is 0 Å². The number of anilines is 1. The fraction of sp³-hybridized carbons (Fsp3) is 0.200. The van der Waals surface area contributed by atoms with Gasteiger partial charge in [0.05, 0.1) is 11.5 Å². The number of nitriles is 1. The SMILES string of the molecule is C=CC[C@]1([C@@](C)(C#N)c2ccccc2)C(=O)Nc2ccccc21. The van der Waals surface area contributed by atoms with Crippen LogP contribution in [0.25, 0.3) is 0 Å². The smallest absolute Gasteiger partial charge is 0.237 e. The van der Waals surface area contributed by atoms with Gasteiger partial charge in [0.25, 0.3) is 0 Å². The summed E-state index contributed by atoms with van der Waals surface area (Å²) in [5, 5.41) is 13.0.